The molecule has 0 spiro atoms. The van der Waals surface area contributed by atoms with Crippen molar-refractivity contribution < 1.29 is 18.7 Å². The molecule has 0 bridgehead atoms. The Bertz CT molecular complexity index is 2190. The summed E-state index contributed by atoms with van der Waals surface area (Å²) >= 11 is 5.67. The third-order valence-electron chi connectivity index (χ3n) is 7.94. The van der Waals surface area contributed by atoms with Crippen LogP contribution in [0.2, 0.25) is 0 Å². The number of benzene rings is 4. The lowest BCUT2D eigenvalue weighted by Gasteiger charge is -2.26. The van der Waals surface area contributed by atoms with Gasteiger partial charge in [0, 0.05) is 11.1 Å². The fourth-order valence-electron chi connectivity index (χ4n) is 5.54. The van der Waals surface area contributed by atoms with Crippen molar-refractivity contribution in [3.8, 4) is 5.75 Å². The van der Waals surface area contributed by atoms with Crippen LogP contribution >= 0.6 is 56.5 Å². The second-order valence-corrected chi connectivity index (χ2v) is 14.8. The minimum atomic E-state index is -0.742. The SMILES string of the molecule is CCOC(=O)C1=C(c2ccccc2)N=c2s/c(=C\c3cc(I)c(OCc4ccccc4F)c(I)c3)c(=O)n2[C@@H]1c1ccc(C(C)C)cc1. The van der Waals surface area contributed by atoms with Crippen LogP contribution < -0.4 is 19.6 Å². The Morgan fingerprint density at radius 3 is 2.31 bits per heavy atom. The van der Waals surface area contributed by atoms with Crippen LogP contribution in [0.3, 0.4) is 0 Å². The van der Waals surface area contributed by atoms with E-state index in [0.29, 0.717) is 37.8 Å². The van der Waals surface area contributed by atoms with E-state index in [1.54, 1.807) is 29.7 Å². The van der Waals surface area contributed by atoms with Crippen LogP contribution in [-0.4, -0.2) is 17.1 Å². The van der Waals surface area contributed by atoms with Crippen molar-refractivity contribution in [1.82, 2.24) is 4.57 Å². The monoisotopic (exact) mass is 884 g/mol. The highest BCUT2D eigenvalue weighted by atomic mass is 127. The van der Waals surface area contributed by atoms with E-state index in [1.807, 2.05) is 72.8 Å². The summed E-state index contributed by atoms with van der Waals surface area (Å²) in [5.41, 5.74) is 4.53. The quantitative estimate of drug-likeness (QED) is 0.111. The fourth-order valence-corrected chi connectivity index (χ4v) is 8.67. The van der Waals surface area contributed by atoms with E-state index in [2.05, 4.69) is 59.0 Å². The highest BCUT2D eigenvalue weighted by molar-refractivity contribution is 14.1. The van der Waals surface area contributed by atoms with Crippen molar-refractivity contribution in [2.75, 3.05) is 6.61 Å². The molecule has 0 aliphatic carbocycles. The second-order valence-electron chi connectivity index (χ2n) is 11.4. The van der Waals surface area contributed by atoms with Gasteiger partial charge in [0.05, 0.1) is 35.6 Å². The van der Waals surface area contributed by atoms with E-state index >= 15 is 0 Å². The molecule has 0 radical (unpaired) electrons. The molecule has 1 aromatic heterocycles. The first-order valence-electron chi connectivity index (χ1n) is 15.4. The number of esters is 1. The molecular formula is C38H31FI2N2O4S. The molecule has 1 atom stereocenters. The highest BCUT2D eigenvalue weighted by Gasteiger charge is 2.35. The summed E-state index contributed by atoms with van der Waals surface area (Å²) < 4.78 is 29.5. The van der Waals surface area contributed by atoms with Gasteiger partial charge in [-0.1, -0.05) is 98.0 Å². The molecule has 0 saturated carbocycles. The zero-order valence-corrected chi connectivity index (χ0v) is 31.5. The van der Waals surface area contributed by atoms with Gasteiger partial charge in [-0.05, 0) is 99.0 Å². The van der Waals surface area contributed by atoms with Gasteiger partial charge in [0.15, 0.2) is 4.80 Å². The molecule has 1 aliphatic rings. The predicted octanol–water partition coefficient (Wildman–Crippen LogP) is 7.99. The number of ether oxygens (including phenoxy) is 2. The third kappa shape index (κ3) is 7.06. The molecule has 244 valence electrons. The fraction of sp³-hybridized carbons (Fsp3) is 0.184. The minimum Gasteiger partial charge on any atom is -0.487 e. The molecule has 6 nitrogen and oxygen atoms in total. The number of rotatable bonds is 9. The summed E-state index contributed by atoms with van der Waals surface area (Å²) in [6, 6.07) is 27.2. The largest absolute Gasteiger partial charge is 0.487 e. The molecule has 48 heavy (non-hydrogen) atoms. The average Bonchev–Trinajstić information content (AvgIpc) is 3.38. The topological polar surface area (TPSA) is 69.9 Å². The molecule has 0 amide bonds. The summed E-state index contributed by atoms with van der Waals surface area (Å²) in [4.78, 5) is 33.5. The first-order valence-corrected chi connectivity index (χ1v) is 18.4. The number of carbonyl (C=O) groups is 1. The molecule has 0 unspecified atom stereocenters. The Labute approximate surface area is 308 Å². The van der Waals surface area contributed by atoms with Crippen molar-refractivity contribution in [2.24, 2.45) is 4.99 Å². The van der Waals surface area contributed by atoms with Gasteiger partial charge >= 0.3 is 5.97 Å². The first kappa shape index (κ1) is 34.3. The molecular weight excluding hydrogens is 853 g/mol. The van der Waals surface area contributed by atoms with Crippen molar-refractivity contribution in [2.45, 2.75) is 39.3 Å². The summed E-state index contributed by atoms with van der Waals surface area (Å²) in [5.74, 6) is 0.143. The smallest absolute Gasteiger partial charge is 0.338 e. The normalized spacial score (nSPS) is 14.6. The number of thiazole rings is 1. The Hall–Kier alpha value is -3.62. The molecule has 0 fully saturated rings. The minimum absolute atomic E-state index is 0.0985. The van der Waals surface area contributed by atoms with Crippen LogP contribution in [0.1, 0.15) is 60.5 Å². The Balaban J connectivity index is 1.49. The summed E-state index contributed by atoms with van der Waals surface area (Å²) in [7, 11) is 0. The first-order chi connectivity index (χ1) is 23.2. The van der Waals surface area contributed by atoms with E-state index in [4.69, 9.17) is 14.5 Å². The Kier molecular flexibility index (Phi) is 10.6. The lowest BCUT2D eigenvalue weighted by molar-refractivity contribution is -0.138. The van der Waals surface area contributed by atoms with Crippen molar-refractivity contribution in [1.29, 1.82) is 0 Å². The van der Waals surface area contributed by atoms with Gasteiger partial charge in [0.2, 0.25) is 0 Å². The number of carbonyl (C=O) groups excluding carboxylic acids is 1. The van der Waals surface area contributed by atoms with Crippen LogP contribution in [0.5, 0.6) is 5.75 Å². The highest BCUT2D eigenvalue weighted by Crippen LogP contribution is 2.36. The number of hydrogen-bond acceptors (Lipinski definition) is 6. The van der Waals surface area contributed by atoms with E-state index in [-0.39, 0.29) is 24.6 Å². The van der Waals surface area contributed by atoms with Crippen LogP contribution in [0.15, 0.2) is 106 Å². The van der Waals surface area contributed by atoms with Crippen molar-refractivity contribution in [3.05, 3.63) is 157 Å². The van der Waals surface area contributed by atoms with Gasteiger partial charge in [-0.25, -0.2) is 14.2 Å². The molecule has 4 aromatic carbocycles. The maximum Gasteiger partial charge on any atom is 0.338 e. The molecule has 0 saturated heterocycles. The van der Waals surface area contributed by atoms with E-state index < -0.39 is 12.0 Å². The van der Waals surface area contributed by atoms with E-state index in [9.17, 15) is 14.0 Å². The average molecular weight is 885 g/mol. The van der Waals surface area contributed by atoms with Gasteiger partial charge in [0.25, 0.3) is 5.56 Å². The zero-order chi connectivity index (χ0) is 33.9. The van der Waals surface area contributed by atoms with Gasteiger partial charge in [0.1, 0.15) is 18.2 Å². The van der Waals surface area contributed by atoms with Crippen molar-refractivity contribution in [3.63, 3.8) is 0 Å². The number of hydrogen-bond donors (Lipinski definition) is 0. The summed E-state index contributed by atoms with van der Waals surface area (Å²) in [5, 5.41) is 0. The van der Waals surface area contributed by atoms with Gasteiger partial charge in [-0.3, -0.25) is 9.36 Å². The second kappa shape index (κ2) is 14.9. The predicted molar refractivity (Wildman–Crippen MR) is 204 cm³/mol. The Morgan fingerprint density at radius 2 is 1.67 bits per heavy atom. The van der Waals surface area contributed by atoms with Gasteiger partial charge < -0.3 is 9.47 Å². The standard InChI is InChI=1S/C38H31FI2N2O4S/c1-4-46-37(45)32-33(25-10-6-5-7-11-25)42-38-43(34(32)26-16-14-24(15-17-26)22(2)3)36(44)31(48-38)20-23-18-29(40)35(30(41)19-23)47-21-27-12-8-9-13-28(27)39/h5-20,22,34H,4,21H2,1-3H3/b31-20-/t34-/m1/s1. The molecule has 2 heterocycles. The summed E-state index contributed by atoms with van der Waals surface area (Å²) in [6.07, 6.45) is 1.84. The van der Waals surface area contributed by atoms with Crippen molar-refractivity contribution >= 4 is 74.3 Å². The Morgan fingerprint density at radius 1 is 1.00 bits per heavy atom. The lowest BCUT2D eigenvalue weighted by atomic mass is 9.91. The van der Waals surface area contributed by atoms with Crippen LogP contribution in [0, 0.1) is 13.0 Å². The number of nitrogens with zero attached hydrogens (tertiary/aromatic N) is 2. The number of aromatic nitrogens is 1. The van der Waals surface area contributed by atoms with Gasteiger partial charge in [-0.2, -0.15) is 0 Å². The van der Waals surface area contributed by atoms with E-state index in [0.717, 1.165) is 29.4 Å². The number of fused-ring (bicyclic) bond motifs is 1. The van der Waals surface area contributed by atoms with E-state index in [1.165, 1.54) is 17.4 Å². The molecule has 1 aliphatic heterocycles. The molecule has 10 heteroatoms. The van der Waals surface area contributed by atoms with Gasteiger partial charge in [-0.15, -0.1) is 0 Å². The van der Waals surface area contributed by atoms with Crippen LogP contribution in [0.25, 0.3) is 11.8 Å². The lowest BCUT2D eigenvalue weighted by Crippen LogP contribution is -2.40. The molecule has 0 N–H and O–H groups in total. The molecule has 6 rings (SSSR count). The van der Waals surface area contributed by atoms with Crippen LogP contribution in [-0.2, 0) is 16.1 Å². The number of halogens is 3. The molecule has 5 aromatic rings. The third-order valence-corrected chi connectivity index (χ3v) is 10.5. The maximum absolute atomic E-state index is 14.3. The summed E-state index contributed by atoms with van der Waals surface area (Å²) in [6.45, 7) is 6.30. The maximum atomic E-state index is 14.3. The zero-order valence-electron chi connectivity index (χ0n) is 26.4. The van der Waals surface area contributed by atoms with Crippen LogP contribution in [0.4, 0.5) is 4.39 Å².